The van der Waals surface area contributed by atoms with E-state index in [0.29, 0.717) is 24.9 Å². The minimum absolute atomic E-state index is 0.0106. The van der Waals surface area contributed by atoms with Crippen LogP contribution in [0.1, 0.15) is 161 Å². The first-order valence-electron chi connectivity index (χ1n) is 32.7. The molecule has 0 spiro atoms. The predicted octanol–water partition coefficient (Wildman–Crippen LogP) is 3.91. The van der Waals surface area contributed by atoms with Gasteiger partial charge in [0.25, 0.3) is 0 Å². The molecule has 0 radical (unpaired) electrons. The fraction of sp³-hybridized carbons (Fsp3) is 0.746. The molecule has 0 bridgehead atoms. The first kappa shape index (κ1) is 80.2. The van der Waals surface area contributed by atoms with E-state index in [9.17, 15) is 38.7 Å². The monoisotopic (exact) mass is 1280 g/mol. The van der Waals surface area contributed by atoms with Crippen molar-refractivity contribution in [2.75, 3.05) is 61.6 Å². The summed E-state index contributed by atoms with van der Waals surface area (Å²) in [6.45, 7) is 27.6. The third kappa shape index (κ3) is 22.7. The minimum atomic E-state index is -1.64. The van der Waals surface area contributed by atoms with Crippen molar-refractivity contribution in [1.82, 2.24) is 55.6 Å². The number of nitrogens with zero attached hydrogens (tertiary/aromatic N) is 7. The van der Waals surface area contributed by atoms with E-state index < -0.39 is 156 Å². The second kappa shape index (κ2) is 36.4. The average Bonchev–Trinajstić information content (AvgIpc) is 0.888. The largest absolute Gasteiger partial charge is 0.399 e. The van der Waals surface area contributed by atoms with Crippen LogP contribution in [0.2, 0.25) is 0 Å². The Morgan fingerprint density at radius 3 is 1.43 bits per heavy atom. The summed E-state index contributed by atoms with van der Waals surface area (Å²) in [5, 5.41) is 23.4. The minimum Gasteiger partial charge on any atom is -0.399 e. The van der Waals surface area contributed by atoms with Crippen molar-refractivity contribution in [3.63, 3.8) is 0 Å². The SMILES string of the molecule is CC[C@@H]1NC(=O)[C@H]([C@H](O)[C@H](C)CCCc2cccc(N)c2)N(C)C(=O)[C@H](C(C)C)N(C)C(=O)[C@H](CC(C)C)N(C)C(=O)[C@H](CC(C)C)N(C)C(=O)[C@H](C)NC(=O)[C@@H](C)NC(=O)[C@@H](CC(C)C)N(C)C(=O)[C@@H](C(C)C)NC(=O)[C@H](CC(C)C)N(C)C(=O)CN(C)C1=O. The van der Waals surface area contributed by atoms with E-state index >= 15 is 19.2 Å². The number of aliphatic hydroxyl groups is 1. The topological polar surface area (TPSA) is 305 Å². The Hall–Kier alpha value is -6.85. The number of carbonyl (C=O) groups is 11. The van der Waals surface area contributed by atoms with Crippen LogP contribution >= 0.6 is 0 Å². The number of carbonyl (C=O) groups excluding carboxylic acids is 11. The number of hydrogen-bond donors (Lipinski definition) is 6. The number of nitrogens with one attached hydrogen (secondary N) is 4. The second-order valence-electron chi connectivity index (χ2n) is 27.9. The maximum atomic E-state index is 15.3. The predicted molar refractivity (Wildman–Crippen MR) is 353 cm³/mol. The van der Waals surface area contributed by atoms with Gasteiger partial charge in [-0.25, -0.2) is 0 Å². The van der Waals surface area contributed by atoms with Gasteiger partial charge in [-0.2, -0.15) is 0 Å². The van der Waals surface area contributed by atoms with Crippen LogP contribution in [0.25, 0.3) is 0 Å². The van der Waals surface area contributed by atoms with Crippen LogP contribution in [0.4, 0.5) is 5.69 Å². The molecule has 12 atom stereocenters. The van der Waals surface area contributed by atoms with Crippen LogP contribution in [0.3, 0.4) is 0 Å². The molecule has 24 heteroatoms. The quantitative estimate of drug-likeness (QED) is 0.121. The maximum Gasteiger partial charge on any atom is 0.246 e. The second-order valence-corrected chi connectivity index (χ2v) is 27.9. The van der Waals surface area contributed by atoms with Crippen LogP contribution in [-0.4, -0.2) is 227 Å². The molecule has 11 amide bonds. The summed E-state index contributed by atoms with van der Waals surface area (Å²) in [6, 6.07) is -5.05. The van der Waals surface area contributed by atoms with E-state index in [4.69, 9.17) is 5.73 Å². The van der Waals surface area contributed by atoms with Gasteiger partial charge in [-0.05, 0) is 124 Å². The number of amides is 11. The van der Waals surface area contributed by atoms with Crippen LogP contribution in [0.15, 0.2) is 24.3 Å². The smallest absolute Gasteiger partial charge is 0.246 e. The van der Waals surface area contributed by atoms with Crippen molar-refractivity contribution in [3.8, 4) is 0 Å². The zero-order valence-electron chi connectivity index (χ0n) is 59.2. The zero-order chi connectivity index (χ0) is 70.0. The van der Waals surface area contributed by atoms with E-state index in [1.807, 2.05) is 73.6 Å². The van der Waals surface area contributed by atoms with Gasteiger partial charge in [-0.15, -0.1) is 0 Å². The summed E-state index contributed by atoms with van der Waals surface area (Å²) >= 11 is 0. The summed E-state index contributed by atoms with van der Waals surface area (Å²) in [6.07, 6.45) is 0.629. The van der Waals surface area contributed by atoms with Gasteiger partial charge in [0.15, 0.2) is 0 Å². The molecule has 0 aromatic heterocycles. The van der Waals surface area contributed by atoms with Gasteiger partial charge in [0.1, 0.15) is 60.4 Å². The Morgan fingerprint density at radius 2 is 0.945 bits per heavy atom. The Labute approximate surface area is 543 Å². The first-order chi connectivity index (χ1) is 42.1. The molecule has 24 nitrogen and oxygen atoms in total. The first-order valence-corrected chi connectivity index (χ1v) is 32.7. The van der Waals surface area contributed by atoms with Crippen molar-refractivity contribution in [2.24, 2.45) is 41.4 Å². The Kier molecular flexibility index (Phi) is 32.1. The van der Waals surface area contributed by atoms with E-state index in [-0.39, 0.29) is 55.8 Å². The zero-order valence-corrected chi connectivity index (χ0v) is 59.2. The van der Waals surface area contributed by atoms with Gasteiger partial charge >= 0.3 is 0 Å². The standard InChI is InChI=1S/C67H116N12O12/c1-24-48-63(87)73(17)36-53(80)74(18)49(31-37(2)3)60(84)72-54(41(10)11)66(90)75(19)50(32-38(4)5)59(83)69-44(15)58(82)70-45(16)62(86)76(20)51(33-39(6)7)64(88)77(21)52(34-40(8)9)65(89)78(22)55(42(12)13)67(91)79(23)56(61(85)71-48)57(81)43(14)27-25-28-46-29-26-30-47(68)35-46/h26,29-30,35,37-45,48-52,54-57,81H,24-25,27-28,31-34,36,68H2,1-23H3,(H,69,83)(H,70,82)(H,71,85)(H,72,84)/t43-,44-,45+,48+,49+,50-,51+,52+,54-,55+,56+,57-/m1/s1. The van der Waals surface area contributed by atoms with Gasteiger partial charge in [-0.1, -0.05) is 109 Å². The number of likely N-dealkylation sites (N-methyl/N-ethyl adjacent to an activating group) is 7. The van der Waals surface area contributed by atoms with E-state index in [1.54, 1.807) is 47.6 Å². The highest BCUT2D eigenvalue weighted by molar-refractivity contribution is 5.99. The number of nitrogens with two attached hydrogens (primary N) is 1. The summed E-state index contributed by atoms with van der Waals surface area (Å²) in [4.78, 5) is 170. The number of anilines is 1. The van der Waals surface area contributed by atoms with Crippen molar-refractivity contribution in [3.05, 3.63) is 29.8 Å². The molecule has 516 valence electrons. The molecule has 1 aliphatic rings. The number of nitrogen functional groups attached to an aromatic ring is 1. The third-order valence-corrected chi connectivity index (χ3v) is 17.4. The molecule has 1 aromatic rings. The van der Waals surface area contributed by atoms with Gasteiger partial charge < -0.3 is 66.4 Å². The normalized spacial score (nSPS) is 25.8. The molecule has 1 aliphatic heterocycles. The van der Waals surface area contributed by atoms with Gasteiger partial charge in [0.2, 0.25) is 65.0 Å². The highest BCUT2D eigenvalue weighted by atomic mass is 16.3. The van der Waals surface area contributed by atoms with E-state index in [1.165, 1.54) is 87.7 Å². The highest BCUT2D eigenvalue weighted by Crippen LogP contribution is 2.26. The van der Waals surface area contributed by atoms with Crippen LogP contribution in [-0.2, 0) is 59.2 Å². The lowest BCUT2D eigenvalue weighted by atomic mass is 9.89. The lowest BCUT2D eigenvalue weighted by molar-refractivity contribution is -0.157. The molecule has 1 fully saturated rings. The molecule has 7 N–H and O–H groups in total. The molecule has 1 heterocycles. The Bertz CT molecular complexity index is 2650. The van der Waals surface area contributed by atoms with E-state index in [2.05, 4.69) is 21.3 Å². The Balaban J connectivity index is 2.98. The summed E-state index contributed by atoms with van der Waals surface area (Å²) in [5.74, 6) is -9.83. The van der Waals surface area contributed by atoms with Crippen molar-refractivity contribution in [2.45, 2.75) is 229 Å². The fourth-order valence-corrected chi connectivity index (χ4v) is 11.7. The lowest BCUT2D eigenvalue weighted by Crippen LogP contribution is -2.63. The van der Waals surface area contributed by atoms with Gasteiger partial charge in [0, 0.05) is 55.0 Å². The number of hydrogen-bond acceptors (Lipinski definition) is 13. The van der Waals surface area contributed by atoms with Crippen molar-refractivity contribution < 1.29 is 57.8 Å². The number of rotatable bonds is 17. The highest BCUT2D eigenvalue weighted by Gasteiger charge is 2.46. The maximum absolute atomic E-state index is 15.3. The van der Waals surface area contributed by atoms with Crippen molar-refractivity contribution >= 4 is 70.7 Å². The third-order valence-electron chi connectivity index (χ3n) is 17.4. The summed E-state index contributed by atoms with van der Waals surface area (Å²) in [7, 11) is 9.94. The molecule has 0 saturated carbocycles. The fourth-order valence-electron chi connectivity index (χ4n) is 11.7. The van der Waals surface area contributed by atoms with E-state index in [0.717, 1.165) is 15.4 Å². The summed E-state index contributed by atoms with van der Waals surface area (Å²) < 4.78 is 0. The van der Waals surface area contributed by atoms with Gasteiger partial charge in [-0.3, -0.25) is 52.7 Å². The number of aliphatic hydroxyl groups excluding tert-OH is 1. The van der Waals surface area contributed by atoms with Gasteiger partial charge in [0.05, 0.1) is 12.6 Å². The van der Waals surface area contributed by atoms with Crippen LogP contribution in [0, 0.1) is 41.4 Å². The molecule has 91 heavy (non-hydrogen) atoms. The Morgan fingerprint density at radius 1 is 0.495 bits per heavy atom. The van der Waals surface area contributed by atoms with Crippen LogP contribution in [0.5, 0.6) is 0 Å². The molecular weight excluding hydrogens is 1160 g/mol. The summed E-state index contributed by atoms with van der Waals surface area (Å²) in [5.41, 5.74) is 7.62. The average molecular weight is 1280 g/mol. The number of aryl methyl sites for hydroxylation is 1. The van der Waals surface area contributed by atoms with Crippen molar-refractivity contribution in [1.29, 1.82) is 0 Å². The lowest BCUT2D eigenvalue weighted by Gasteiger charge is -2.41. The number of benzene rings is 1. The molecule has 0 unspecified atom stereocenters. The molecule has 1 aromatic carbocycles. The molecule has 1 saturated heterocycles. The molecule has 0 aliphatic carbocycles. The molecular formula is C67H116N12O12. The van der Waals surface area contributed by atoms with Crippen LogP contribution < -0.4 is 27.0 Å². The molecule has 2 rings (SSSR count).